The van der Waals surface area contributed by atoms with Crippen molar-refractivity contribution in [3.8, 4) is 11.5 Å². The summed E-state index contributed by atoms with van der Waals surface area (Å²) in [5.74, 6) is 1.44. The summed E-state index contributed by atoms with van der Waals surface area (Å²) in [6, 6.07) is 13.0. The fourth-order valence-electron chi connectivity index (χ4n) is 3.87. The zero-order valence-corrected chi connectivity index (χ0v) is 15.9. The van der Waals surface area contributed by atoms with Gasteiger partial charge in [-0.25, -0.2) is 0 Å². The minimum Gasteiger partial charge on any atom is -0.454 e. The second kappa shape index (κ2) is 6.57. The number of ether oxygens (including phenoxy) is 2. The van der Waals surface area contributed by atoms with Crippen molar-refractivity contribution in [2.75, 3.05) is 13.3 Å². The van der Waals surface area contributed by atoms with Crippen LogP contribution in [-0.4, -0.2) is 29.3 Å². The van der Waals surface area contributed by atoms with Crippen LogP contribution < -0.4 is 9.47 Å². The van der Waals surface area contributed by atoms with Crippen LogP contribution in [0.5, 0.6) is 11.5 Å². The van der Waals surface area contributed by atoms with E-state index in [1.807, 2.05) is 68.1 Å². The molecule has 5 nitrogen and oxygen atoms in total. The van der Waals surface area contributed by atoms with Crippen LogP contribution in [-0.2, 0) is 11.2 Å². The van der Waals surface area contributed by atoms with Crippen molar-refractivity contribution in [1.82, 2.24) is 4.90 Å². The smallest absolute Gasteiger partial charge is 0.231 e. The lowest BCUT2D eigenvalue weighted by atomic mass is 9.84. The molecule has 2 aromatic carbocycles. The molecule has 2 heterocycles. The Balaban J connectivity index is 1.82. The quantitative estimate of drug-likeness (QED) is 0.881. The molecular formula is C22H25NO4. The van der Waals surface area contributed by atoms with Gasteiger partial charge in [-0.2, -0.15) is 0 Å². The number of fused-ring (bicyclic) bond motifs is 2. The molecule has 27 heavy (non-hydrogen) atoms. The topological polar surface area (TPSA) is 59.0 Å². The molecule has 2 aliphatic heterocycles. The molecule has 142 valence electrons. The fourth-order valence-corrected chi connectivity index (χ4v) is 3.87. The highest BCUT2D eigenvalue weighted by Crippen LogP contribution is 2.45. The maximum atomic E-state index is 13.2. The van der Waals surface area contributed by atoms with E-state index in [4.69, 9.17) is 9.47 Å². The summed E-state index contributed by atoms with van der Waals surface area (Å²) in [6.07, 6.45) is -0.0943. The van der Waals surface area contributed by atoms with Crippen LogP contribution in [0.3, 0.4) is 0 Å². The molecule has 4 rings (SSSR count). The van der Waals surface area contributed by atoms with Gasteiger partial charge in [0.25, 0.3) is 0 Å². The van der Waals surface area contributed by atoms with Crippen LogP contribution in [0.1, 0.15) is 49.6 Å². The lowest BCUT2D eigenvalue weighted by Gasteiger charge is -2.42. The summed E-state index contributed by atoms with van der Waals surface area (Å²) in [5, 5.41) is 11.3. The van der Waals surface area contributed by atoms with E-state index in [2.05, 4.69) is 0 Å². The maximum absolute atomic E-state index is 13.2. The van der Waals surface area contributed by atoms with Crippen molar-refractivity contribution < 1.29 is 19.4 Å². The van der Waals surface area contributed by atoms with Crippen molar-refractivity contribution in [2.45, 2.75) is 39.3 Å². The van der Waals surface area contributed by atoms with E-state index in [1.165, 1.54) is 0 Å². The molecule has 0 bridgehead atoms. The first kappa shape index (κ1) is 17.9. The highest BCUT2D eigenvalue weighted by molar-refractivity contribution is 5.82. The standard InChI is InChI=1S/C22H25NO4/c1-22(2,3)21(25)23-10-9-15-11-17-18(27-13-26-17)12-16(15)19(23)20(24)14-7-5-4-6-8-14/h4-8,11-12,19-20,24H,9-10,13H2,1-3H3/t19-,20+/m0/s1. The minimum atomic E-state index is -0.822. The summed E-state index contributed by atoms with van der Waals surface area (Å²) in [4.78, 5) is 15.0. The third-order valence-corrected chi connectivity index (χ3v) is 5.25. The molecule has 0 fully saturated rings. The molecule has 2 aliphatic rings. The second-order valence-electron chi connectivity index (χ2n) is 8.20. The van der Waals surface area contributed by atoms with Crippen LogP contribution >= 0.6 is 0 Å². The number of aliphatic hydroxyl groups excluding tert-OH is 1. The molecular weight excluding hydrogens is 342 g/mol. The van der Waals surface area contributed by atoms with E-state index in [0.717, 1.165) is 28.9 Å². The number of nitrogens with zero attached hydrogens (tertiary/aromatic N) is 1. The van der Waals surface area contributed by atoms with Gasteiger partial charge in [0.05, 0.1) is 6.04 Å². The Morgan fingerprint density at radius 1 is 1.15 bits per heavy atom. The van der Waals surface area contributed by atoms with E-state index in [0.29, 0.717) is 12.3 Å². The van der Waals surface area contributed by atoms with Crippen molar-refractivity contribution >= 4 is 5.91 Å². The highest BCUT2D eigenvalue weighted by atomic mass is 16.7. The molecule has 0 saturated heterocycles. The molecule has 5 heteroatoms. The van der Waals surface area contributed by atoms with Gasteiger partial charge < -0.3 is 19.5 Å². The maximum Gasteiger partial charge on any atom is 0.231 e. The first-order chi connectivity index (χ1) is 12.9. The lowest BCUT2D eigenvalue weighted by Crippen LogP contribution is -2.47. The number of aliphatic hydroxyl groups is 1. The summed E-state index contributed by atoms with van der Waals surface area (Å²) >= 11 is 0. The Hall–Kier alpha value is -2.53. The Morgan fingerprint density at radius 2 is 1.81 bits per heavy atom. The van der Waals surface area contributed by atoms with Gasteiger partial charge in [0.1, 0.15) is 6.10 Å². The van der Waals surface area contributed by atoms with Crippen molar-refractivity contribution in [3.63, 3.8) is 0 Å². The number of benzene rings is 2. The normalized spacial score (nSPS) is 19.6. The van der Waals surface area contributed by atoms with Crippen LogP contribution in [0.2, 0.25) is 0 Å². The first-order valence-corrected chi connectivity index (χ1v) is 9.33. The van der Waals surface area contributed by atoms with Crippen LogP contribution in [0.25, 0.3) is 0 Å². The highest BCUT2D eigenvalue weighted by Gasteiger charge is 2.40. The van der Waals surface area contributed by atoms with E-state index >= 15 is 0 Å². The number of carbonyl (C=O) groups is 1. The summed E-state index contributed by atoms with van der Waals surface area (Å²) < 4.78 is 11.1. The number of carbonyl (C=O) groups excluding carboxylic acids is 1. The molecule has 1 N–H and O–H groups in total. The Kier molecular flexibility index (Phi) is 4.35. The zero-order chi connectivity index (χ0) is 19.2. The monoisotopic (exact) mass is 367 g/mol. The zero-order valence-electron chi connectivity index (χ0n) is 15.9. The van der Waals surface area contributed by atoms with Crippen molar-refractivity contribution in [3.05, 3.63) is 59.2 Å². The van der Waals surface area contributed by atoms with Gasteiger partial charge in [0, 0.05) is 12.0 Å². The predicted octanol–water partition coefficient (Wildman–Crippen LogP) is 3.62. The number of hydrogen-bond acceptors (Lipinski definition) is 4. The molecule has 0 aliphatic carbocycles. The van der Waals surface area contributed by atoms with Gasteiger partial charge in [-0.05, 0) is 35.2 Å². The lowest BCUT2D eigenvalue weighted by molar-refractivity contribution is -0.145. The van der Waals surface area contributed by atoms with E-state index in [1.54, 1.807) is 0 Å². The SMILES string of the molecule is CC(C)(C)C(=O)N1CCc2cc3c(cc2[C@H]1[C@H](O)c1ccccc1)OCO3. The van der Waals surface area contributed by atoms with Gasteiger partial charge in [-0.1, -0.05) is 51.1 Å². The van der Waals surface area contributed by atoms with Gasteiger partial charge in [-0.3, -0.25) is 4.79 Å². The fraction of sp³-hybridized carbons (Fsp3) is 0.409. The van der Waals surface area contributed by atoms with Crippen LogP contribution in [0, 0.1) is 5.41 Å². The number of hydrogen-bond donors (Lipinski definition) is 1. The second-order valence-corrected chi connectivity index (χ2v) is 8.20. The molecule has 0 radical (unpaired) electrons. The van der Waals surface area contributed by atoms with Crippen LogP contribution in [0.15, 0.2) is 42.5 Å². The van der Waals surface area contributed by atoms with E-state index in [9.17, 15) is 9.90 Å². The third kappa shape index (κ3) is 3.16. The first-order valence-electron chi connectivity index (χ1n) is 9.33. The van der Waals surface area contributed by atoms with Crippen LogP contribution in [0.4, 0.5) is 0 Å². The Bertz CT molecular complexity index is 857. The largest absolute Gasteiger partial charge is 0.454 e. The molecule has 0 aromatic heterocycles. The summed E-state index contributed by atoms with van der Waals surface area (Å²) in [5.41, 5.74) is 2.29. The van der Waals surface area contributed by atoms with E-state index in [-0.39, 0.29) is 12.7 Å². The van der Waals surface area contributed by atoms with Gasteiger partial charge in [-0.15, -0.1) is 0 Å². The molecule has 0 saturated carbocycles. The van der Waals surface area contributed by atoms with Gasteiger partial charge >= 0.3 is 0 Å². The number of rotatable bonds is 2. The van der Waals surface area contributed by atoms with Gasteiger partial charge in [0.2, 0.25) is 12.7 Å². The average Bonchev–Trinajstić information content (AvgIpc) is 3.11. The minimum absolute atomic E-state index is 0.0331. The molecule has 0 unspecified atom stereocenters. The number of amides is 1. The Labute approximate surface area is 159 Å². The van der Waals surface area contributed by atoms with E-state index < -0.39 is 17.6 Å². The molecule has 1 amide bonds. The summed E-state index contributed by atoms with van der Waals surface area (Å²) in [6.45, 7) is 6.51. The molecule has 2 aromatic rings. The third-order valence-electron chi connectivity index (χ3n) is 5.25. The van der Waals surface area contributed by atoms with Gasteiger partial charge in [0.15, 0.2) is 11.5 Å². The molecule has 0 spiro atoms. The average molecular weight is 367 g/mol. The molecule has 2 atom stereocenters. The predicted molar refractivity (Wildman–Crippen MR) is 102 cm³/mol. The summed E-state index contributed by atoms with van der Waals surface area (Å²) in [7, 11) is 0. The van der Waals surface area contributed by atoms with Crippen molar-refractivity contribution in [2.24, 2.45) is 5.41 Å². The van der Waals surface area contributed by atoms with Crippen molar-refractivity contribution in [1.29, 1.82) is 0 Å². The Morgan fingerprint density at radius 3 is 2.48 bits per heavy atom.